The molecule has 0 radical (unpaired) electrons. The number of rotatable bonds is 4. The molecule has 4 rings (SSSR count). The molecular formula is C19H14BrN3O2S. The van der Waals surface area contributed by atoms with E-state index >= 15 is 0 Å². The van der Waals surface area contributed by atoms with Crippen LogP contribution >= 0.6 is 27.3 Å². The number of methoxy groups -OCH3 is 1. The number of ether oxygens (including phenoxy) is 1. The van der Waals surface area contributed by atoms with Gasteiger partial charge >= 0.3 is 0 Å². The molecule has 0 aliphatic rings. The molecule has 0 aliphatic carbocycles. The maximum atomic E-state index is 12.8. The number of hydrogen-bond donors (Lipinski definition) is 1. The van der Waals surface area contributed by atoms with Crippen molar-refractivity contribution in [3.05, 3.63) is 70.3 Å². The molecule has 1 amide bonds. The molecule has 0 saturated carbocycles. The summed E-state index contributed by atoms with van der Waals surface area (Å²) in [5.41, 5.74) is 2.90. The Balaban J connectivity index is 1.69. The van der Waals surface area contributed by atoms with Crippen molar-refractivity contribution < 1.29 is 9.53 Å². The van der Waals surface area contributed by atoms with E-state index in [2.05, 4.69) is 26.2 Å². The molecule has 130 valence electrons. The topological polar surface area (TPSA) is 55.6 Å². The van der Waals surface area contributed by atoms with Crippen molar-refractivity contribution in [1.82, 2.24) is 9.38 Å². The number of carbonyl (C=O) groups excluding carboxylic acids is 1. The van der Waals surface area contributed by atoms with Gasteiger partial charge in [0.05, 0.1) is 24.1 Å². The van der Waals surface area contributed by atoms with Gasteiger partial charge in [0.1, 0.15) is 5.75 Å². The maximum absolute atomic E-state index is 12.8. The fourth-order valence-electron chi connectivity index (χ4n) is 2.67. The van der Waals surface area contributed by atoms with Crippen molar-refractivity contribution in [2.75, 3.05) is 12.4 Å². The third kappa shape index (κ3) is 3.11. The van der Waals surface area contributed by atoms with Crippen molar-refractivity contribution >= 4 is 43.8 Å². The second-order valence-corrected chi connectivity index (χ2v) is 7.29. The van der Waals surface area contributed by atoms with Crippen molar-refractivity contribution in [3.8, 4) is 17.0 Å². The summed E-state index contributed by atoms with van der Waals surface area (Å²) < 4.78 is 7.89. The highest BCUT2D eigenvalue weighted by Crippen LogP contribution is 2.30. The van der Waals surface area contributed by atoms with Gasteiger partial charge in [-0.2, -0.15) is 0 Å². The van der Waals surface area contributed by atoms with Crippen LogP contribution in [-0.4, -0.2) is 22.4 Å². The molecule has 0 spiro atoms. The van der Waals surface area contributed by atoms with Crippen molar-refractivity contribution in [1.29, 1.82) is 0 Å². The average Bonchev–Trinajstić information content (AvgIpc) is 3.24. The highest BCUT2D eigenvalue weighted by Gasteiger charge is 2.15. The van der Waals surface area contributed by atoms with Crippen LogP contribution in [0.1, 0.15) is 10.4 Å². The number of carbonyl (C=O) groups is 1. The molecule has 0 fully saturated rings. The standard InChI is InChI=1S/C19H14BrN3O2S/c1-25-12-6-7-15(20)14(10-12)18(24)21-16-5-3-2-4-13(16)17-11-23-8-9-26-19(23)22-17/h2-11H,1H3,(H,21,24). The van der Waals surface area contributed by atoms with E-state index in [4.69, 9.17) is 4.74 Å². The number of nitrogens with zero attached hydrogens (tertiary/aromatic N) is 2. The molecule has 7 heteroatoms. The van der Waals surface area contributed by atoms with Gasteiger partial charge in [-0.15, -0.1) is 11.3 Å². The third-order valence-corrected chi connectivity index (χ3v) is 5.42. The van der Waals surface area contributed by atoms with Crippen molar-refractivity contribution in [2.45, 2.75) is 0 Å². The van der Waals surface area contributed by atoms with Crippen LogP contribution in [0.5, 0.6) is 5.75 Å². The van der Waals surface area contributed by atoms with E-state index < -0.39 is 0 Å². The Kier molecular flexibility index (Phi) is 4.48. The molecule has 2 aromatic carbocycles. The number of fused-ring (bicyclic) bond motifs is 1. The molecule has 26 heavy (non-hydrogen) atoms. The van der Waals surface area contributed by atoms with Gasteiger partial charge in [-0.05, 0) is 40.2 Å². The van der Waals surface area contributed by atoms with E-state index in [1.807, 2.05) is 46.4 Å². The minimum absolute atomic E-state index is 0.218. The molecule has 4 aromatic rings. The number of benzene rings is 2. The zero-order valence-electron chi connectivity index (χ0n) is 13.8. The highest BCUT2D eigenvalue weighted by molar-refractivity contribution is 9.10. The van der Waals surface area contributed by atoms with Gasteiger partial charge < -0.3 is 10.1 Å². The summed E-state index contributed by atoms with van der Waals surface area (Å²) in [5.74, 6) is 0.408. The normalized spacial score (nSPS) is 10.8. The molecule has 0 bridgehead atoms. The second-order valence-electron chi connectivity index (χ2n) is 5.56. The number of aromatic nitrogens is 2. The number of para-hydroxylation sites is 1. The molecule has 0 aliphatic heterocycles. The third-order valence-electron chi connectivity index (χ3n) is 3.96. The fourth-order valence-corrected chi connectivity index (χ4v) is 3.79. The second kappa shape index (κ2) is 6.93. The number of halogens is 1. The number of nitrogens with one attached hydrogen (secondary N) is 1. The smallest absolute Gasteiger partial charge is 0.256 e. The zero-order valence-corrected chi connectivity index (χ0v) is 16.2. The Labute approximate surface area is 162 Å². The largest absolute Gasteiger partial charge is 0.497 e. The molecular weight excluding hydrogens is 414 g/mol. The van der Waals surface area contributed by atoms with E-state index in [1.165, 1.54) is 0 Å². The predicted octanol–water partition coefficient (Wildman–Crippen LogP) is 5.09. The molecule has 0 saturated heterocycles. The Hall–Kier alpha value is -2.64. The average molecular weight is 428 g/mol. The Bertz CT molecular complexity index is 1070. The van der Waals surface area contributed by atoms with Gasteiger partial charge in [-0.1, -0.05) is 18.2 Å². The minimum Gasteiger partial charge on any atom is -0.497 e. The van der Waals surface area contributed by atoms with E-state index in [9.17, 15) is 4.79 Å². The maximum Gasteiger partial charge on any atom is 0.256 e. The lowest BCUT2D eigenvalue weighted by Gasteiger charge is -2.11. The SMILES string of the molecule is COc1ccc(Br)c(C(=O)Nc2ccccc2-c2cn3ccsc3n2)c1. The fraction of sp³-hybridized carbons (Fsp3) is 0.0526. The first-order valence-corrected chi connectivity index (χ1v) is 9.49. The monoisotopic (exact) mass is 427 g/mol. The lowest BCUT2D eigenvalue weighted by Crippen LogP contribution is -2.13. The molecule has 5 nitrogen and oxygen atoms in total. The summed E-state index contributed by atoms with van der Waals surface area (Å²) in [5, 5.41) is 4.97. The predicted molar refractivity (Wildman–Crippen MR) is 107 cm³/mol. The molecule has 0 atom stereocenters. The van der Waals surface area contributed by atoms with Gasteiger partial charge in [0.2, 0.25) is 0 Å². The number of hydrogen-bond acceptors (Lipinski definition) is 4. The quantitative estimate of drug-likeness (QED) is 0.493. The summed E-state index contributed by atoms with van der Waals surface area (Å²) in [7, 11) is 1.57. The Morgan fingerprint density at radius 1 is 1.27 bits per heavy atom. The van der Waals surface area contributed by atoms with Gasteiger partial charge in [0.25, 0.3) is 5.91 Å². The highest BCUT2D eigenvalue weighted by atomic mass is 79.9. The van der Waals surface area contributed by atoms with E-state index in [1.54, 1.807) is 36.6 Å². The van der Waals surface area contributed by atoms with Gasteiger partial charge in [-0.3, -0.25) is 9.20 Å². The van der Waals surface area contributed by atoms with Crippen molar-refractivity contribution in [3.63, 3.8) is 0 Å². The number of thiazole rings is 1. The summed E-state index contributed by atoms with van der Waals surface area (Å²) >= 11 is 4.99. The lowest BCUT2D eigenvalue weighted by molar-refractivity contribution is 0.102. The lowest BCUT2D eigenvalue weighted by atomic mass is 10.1. The van der Waals surface area contributed by atoms with Gasteiger partial charge in [0, 0.05) is 27.8 Å². The minimum atomic E-state index is -0.218. The summed E-state index contributed by atoms with van der Waals surface area (Å²) in [6.07, 6.45) is 3.92. The van der Waals surface area contributed by atoms with E-state index in [0.717, 1.165) is 16.2 Å². The Morgan fingerprint density at radius 2 is 2.12 bits per heavy atom. The summed E-state index contributed by atoms with van der Waals surface area (Å²) in [6, 6.07) is 12.9. The molecule has 2 heterocycles. The van der Waals surface area contributed by atoms with Crippen LogP contribution in [0.2, 0.25) is 0 Å². The first kappa shape index (κ1) is 16.8. The first-order chi connectivity index (χ1) is 12.7. The van der Waals surface area contributed by atoms with Crippen molar-refractivity contribution in [2.24, 2.45) is 0 Å². The molecule has 0 unspecified atom stereocenters. The first-order valence-electron chi connectivity index (χ1n) is 7.82. The van der Waals surface area contributed by atoms with Gasteiger partial charge in [-0.25, -0.2) is 4.98 Å². The molecule has 2 aromatic heterocycles. The van der Waals surface area contributed by atoms with Crippen LogP contribution in [0, 0.1) is 0 Å². The summed E-state index contributed by atoms with van der Waals surface area (Å²) in [6.45, 7) is 0. The number of imidazole rings is 1. The van der Waals surface area contributed by atoms with Crippen LogP contribution in [0.4, 0.5) is 5.69 Å². The number of amides is 1. The van der Waals surface area contributed by atoms with Crippen LogP contribution in [0.15, 0.2) is 64.7 Å². The van der Waals surface area contributed by atoms with Crippen LogP contribution in [-0.2, 0) is 0 Å². The van der Waals surface area contributed by atoms with E-state index in [-0.39, 0.29) is 5.91 Å². The zero-order chi connectivity index (χ0) is 18.1. The van der Waals surface area contributed by atoms with Crippen LogP contribution in [0.3, 0.4) is 0 Å². The molecule has 1 N–H and O–H groups in total. The van der Waals surface area contributed by atoms with Crippen LogP contribution in [0.25, 0.3) is 16.2 Å². The van der Waals surface area contributed by atoms with Gasteiger partial charge in [0.15, 0.2) is 4.96 Å². The van der Waals surface area contributed by atoms with E-state index in [0.29, 0.717) is 21.5 Å². The van der Waals surface area contributed by atoms with Crippen LogP contribution < -0.4 is 10.1 Å². The Morgan fingerprint density at radius 3 is 2.92 bits per heavy atom. The summed E-state index contributed by atoms with van der Waals surface area (Å²) in [4.78, 5) is 18.3. The number of anilines is 1.